The smallest absolute Gasteiger partial charge is 0.145 e. The molecule has 0 N–H and O–H groups in total. The van der Waals surface area contributed by atoms with E-state index in [4.69, 9.17) is 23.2 Å². The minimum absolute atomic E-state index is 0.0185. The topological polar surface area (TPSA) is 34.9 Å². The van der Waals surface area contributed by atoms with Gasteiger partial charge >= 0.3 is 0 Å². The molecule has 1 heterocycles. The number of halogens is 3. The van der Waals surface area contributed by atoms with Gasteiger partial charge in [0.1, 0.15) is 11.6 Å². The predicted octanol–water partition coefficient (Wildman–Crippen LogP) is 3.78. The Morgan fingerprint density at radius 3 is 2.67 bits per heavy atom. The Bertz CT molecular complexity index is 683. The average Bonchev–Trinajstić information content (AvgIpc) is 2.71. The summed E-state index contributed by atoms with van der Waals surface area (Å²) in [4.78, 5) is 12.1. The molecule has 1 aromatic heterocycles. The Labute approximate surface area is 132 Å². The first kappa shape index (κ1) is 16.0. The minimum Gasteiger partial charge on any atom is -0.299 e. The zero-order chi connectivity index (χ0) is 15.6. The molecule has 2 aromatic rings. The van der Waals surface area contributed by atoms with Crippen molar-refractivity contribution < 1.29 is 9.18 Å². The van der Waals surface area contributed by atoms with E-state index in [1.807, 2.05) is 6.92 Å². The molecule has 0 saturated carbocycles. The van der Waals surface area contributed by atoms with Gasteiger partial charge < -0.3 is 0 Å². The number of hydrogen-bond donors (Lipinski definition) is 0. The highest BCUT2D eigenvalue weighted by atomic mass is 35.5. The van der Waals surface area contributed by atoms with Crippen LogP contribution in [0.3, 0.4) is 0 Å². The van der Waals surface area contributed by atoms with Crippen LogP contribution in [0.25, 0.3) is 0 Å². The summed E-state index contributed by atoms with van der Waals surface area (Å²) in [5.74, 6) is -0.679. The molecular weight excluding hydrogens is 314 g/mol. The van der Waals surface area contributed by atoms with E-state index in [1.165, 1.54) is 6.07 Å². The molecule has 0 spiro atoms. The molecule has 112 valence electrons. The van der Waals surface area contributed by atoms with Gasteiger partial charge in [-0.25, -0.2) is 4.39 Å². The van der Waals surface area contributed by atoms with Crippen LogP contribution in [0.1, 0.15) is 23.9 Å². The van der Waals surface area contributed by atoms with E-state index in [9.17, 15) is 9.18 Å². The van der Waals surface area contributed by atoms with E-state index in [2.05, 4.69) is 5.10 Å². The largest absolute Gasteiger partial charge is 0.299 e. The summed E-state index contributed by atoms with van der Waals surface area (Å²) in [6.45, 7) is 1.95. The molecule has 2 rings (SSSR count). The highest BCUT2D eigenvalue weighted by molar-refractivity contribution is 6.32. The summed E-state index contributed by atoms with van der Waals surface area (Å²) in [5.41, 5.74) is 1.71. The van der Waals surface area contributed by atoms with Gasteiger partial charge in [0, 0.05) is 13.5 Å². The lowest BCUT2D eigenvalue weighted by atomic mass is 10.0. The van der Waals surface area contributed by atoms with Crippen molar-refractivity contribution in [1.29, 1.82) is 0 Å². The van der Waals surface area contributed by atoms with E-state index in [-0.39, 0.29) is 23.6 Å². The first-order valence-electron chi connectivity index (χ1n) is 6.58. The second kappa shape index (κ2) is 6.58. The summed E-state index contributed by atoms with van der Waals surface area (Å²) in [6.07, 6.45) is 0.799. The quantitative estimate of drug-likeness (QED) is 0.837. The van der Waals surface area contributed by atoms with Crippen LogP contribution < -0.4 is 0 Å². The first-order valence-corrected chi connectivity index (χ1v) is 7.34. The Balaban J connectivity index is 2.16. The Hall–Kier alpha value is -1.39. The second-order valence-electron chi connectivity index (χ2n) is 4.79. The molecule has 1 aromatic carbocycles. The molecule has 3 nitrogen and oxygen atoms in total. The predicted molar refractivity (Wildman–Crippen MR) is 81.4 cm³/mol. The molecule has 0 unspecified atom stereocenters. The number of aryl methyl sites for hydroxylation is 2. The molecule has 0 amide bonds. The van der Waals surface area contributed by atoms with Crippen LogP contribution in [0.2, 0.25) is 10.0 Å². The van der Waals surface area contributed by atoms with E-state index < -0.39 is 5.82 Å². The zero-order valence-corrected chi connectivity index (χ0v) is 13.3. The van der Waals surface area contributed by atoms with Crippen molar-refractivity contribution >= 4 is 29.0 Å². The number of nitrogens with zero attached hydrogens (tertiary/aromatic N) is 2. The number of carbonyl (C=O) groups is 1. The van der Waals surface area contributed by atoms with Crippen LogP contribution in [-0.4, -0.2) is 15.6 Å². The maximum absolute atomic E-state index is 13.8. The fourth-order valence-corrected chi connectivity index (χ4v) is 2.71. The van der Waals surface area contributed by atoms with Gasteiger partial charge in [0.15, 0.2) is 0 Å². The first-order chi connectivity index (χ1) is 9.93. The Morgan fingerprint density at radius 1 is 1.33 bits per heavy atom. The fourth-order valence-electron chi connectivity index (χ4n) is 2.16. The fraction of sp³-hybridized carbons (Fsp3) is 0.333. The van der Waals surface area contributed by atoms with Crippen molar-refractivity contribution in [3.63, 3.8) is 0 Å². The Kier molecular flexibility index (Phi) is 5.01. The number of rotatable bonds is 5. The Morgan fingerprint density at radius 2 is 2.05 bits per heavy atom. The third-order valence-corrected chi connectivity index (χ3v) is 4.01. The van der Waals surface area contributed by atoms with Crippen molar-refractivity contribution in [2.75, 3.05) is 0 Å². The molecule has 21 heavy (non-hydrogen) atoms. The summed E-state index contributed by atoms with van der Waals surface area (Å²) in [5, 5.41) is 4.79. The highest BCUT2D eigenvalue weighted by Crippen LogP contribution is 2.23. The van der Waals surface area contributed by atoms with Gasteiger partial charge in [0.25, 0.3) is 0 Å². The number of ketones is 1. The molecule has 0 saturated heterocycles. The van der Waals surface area contributed by atoms with E-state index >= 15 is 0 Å². The molecule has 0 aliphatic heterocycles. The number of carbonyl (C=O) groups excluding carboxylic acids is 1. The van der Waals surface area contributed by atoms with Gasteiger partial charge in [-0.1, -0.05) is 42.3 Å². The van der Waals surface area contributed by atoms with Crippen LogP contribution in [0.5, 0.6) is 0 Å². The van der Waals surface area contributed by atoms with Crippen molar-refractivity contribution in [1.82, 2.24) is 9.78 Å². The van der Waals surface area contributed by atoms with Crippen molar-refractivity contribution in [3.05, 3.63) is 51.0 Å². The van der Waals surface area contributed by atoms with Crippen LogP contribution in [0, 0.1) is 5.82 Å². The lowest BCUT2D eigenvalue weighted by molar-refractivity contribution is -0.117. The van der Waals surface area contributed by atoms with Gasteiger partial charge in [0.05, 0.1) is 27.9 Å². The zero-order valence-electron chi connectivity index (χ0n) is 11.8. The normalized spacial score (nSPS) is 10.9. The van der Waals surface area contributed by atoms with Crippen molar-refractivity contribution in [2.45, 2.75) is 26.2 Å². The van der Waals surface area contributed by atoms with Crippen molar-refractivity contribution in [2.24, 2.45) is 7.05 Å². The third-order valence-electron chi connectivity index (χ3n) is 3.29. The van der Waals surface area contributed by atoms with Gasteiger partial charge in [-0.05, 0) is 18.1 Å². The summed E-state index contributed by atoms with van der Waals surface area (Å²) in [6, 6.07) is 4.64. The van der Waals surface area contributed by atoms with Gasteiger partial charge in [-0.3, -0.25) is 9.48 Å². The molecular formula is C15H15Cl2FN2O. The average molecular weight is 329 g/mol. The number of Topliss-reactive ketones (excluding diaryl/α,β-unsaturated/α-hetero) is 1. The summed E-state index contributed by atoms with van der Waals surface area (Å²) in [7, 11) is 1.74. The minimum atomic E-state index is -0.544. The summed E-state index contributed by atoms with van der Waals surface area (Å²) >= 11 is 11.9. The molecule has 0 radical (unpaired) electrons. The monoisotopic (exact) mass is 328 g/mol. The van der Waals surface area contributed by atoms with Crippen LogP contribution in [0.4, 0.5) is 4.39 Å². The molecule has 0 bridgehead atoms. The molecule has 6 heteroatoms. The molecule has 0 fully saturated rings. The van der Waals surface area contributed by atoms with Crippen LogP contribution >= 0.6 is 23.2 Å². The number of hydrogen-bond acceptors (Lipinski definition) is 2. The molecule has 0 aliphatic rings. The van der Waals surface area contributed by atoms with E-state index in [0.29, 0.717) is 22.7 Å². The second-order valence-corrected chi connectivity index (χ2v) is 5.57. The maximum atomic E-state index is 13.8. The van der Waals surface area contributed by atoms with Gasteiger partial charge in [-0.15, -0.1) is 0 Å². The van der Waals surface area contributed by atoms with Crippen molar-refractivity contribution in [3.8, 4) is 0 Å². The highest BCUT2D eigenvalue weighted by Gasteiger charge is 2.17. The van der Waals surface area contributed by atoms with Gasteiger partial charge in [0.2, 0.25) is 0 Å². The molecule has 0 aliphatic carbocycles. The maximum Gasteiger partial charge on any atom is 0.145 e. The number of aromatic nitrogens is 2. The SMILES string of the molecule is CCc1nn(C)c(CC(=O)Cc2cccc(Cl)c2F)c1Cl. The molecule has 0 atom stereocenters. The third kappa shape index (κ3) is 3.44. The van der Waals surface area contributed by atoms with E-state index in [1.54, 1.807) is 23.9 Å². The summed E-state index contributed by atoms with van der Waals surface area (Å²) < 4.78 is 15.4. The van der Waals surface area contributed by atoms with Crippen LogP contribution in [-0.2, 0) is 31.1 Å². The van der Waals surface area contributed by atoms with E-state index in [0.717, 1.165) is 5.69 Å². The lowest BCUT2D eigenvalue weighted by Gasteiger charge is -2.05. The van der Waals surface area contributed by atoms with Crippen LogP contribution in [0.15, 0.2) is 18.2 Å². The van der Waals surface area contributed by atoms with Gasteiger partial charge in [-0.2, -0.15) is 5.10 Å². The standard InChI is InChI=1S/C15H15Cl2FN2O/c1-3-12-14(17)13(20(2)19-12)8-10(21)7-9-5-4-6-11(16)15(9)18/h4-6H,3,7-8H2,1-2H3. The lowest BCUT2D eigenvalue weighted by Crippen LogP contribution is -2.11. The number of benzene rings is 1.